The largest absolute Gasteiger partial charge is 0.392 e. The Morgan fingerprint density at radius 1 is 1.38 bits per heavy atom. The molecule has 2 N–H and O–H groups in total. The van der Waals surface area contributed by atoms with E-state index in [0.717, 1.165) is 12.1 Å². The Morgan fingerprint density at radius 2 is 2.05 bits per heavy atom. The minimum atomic E-state index is -3.92. The maximum absolute atomic E-state index is 13.8. The van der Waals surface area contributed by atoms with E-state index in [4.69, 9.17) is 9.84 Å². The molecular formula is C14H22FNO4S. The zero-order valence-corrected chi connectivity index (χ0v) is 13.3. The van der Waals surface area contributed by atoms with Crippen LogP contribution in [0.15, 0.2) is 23.1 Å². The van der Waals surface area contributed by atoms with Gasteiger partial charge in [0.2, 0.25) is 10.0 Å². The van der Waals surface area contributed by atoms with Crippen LogP contribution >= 0.6 is 0 Å². The molecule has 5 nitrogen and oxygen atoms in total. The van der Waals surface area contributed by atoms with E-state index in [0.29, 0.717) is 18.6 Å². The number of hydrogen-bond donors (Lipinski definition) is 2. The highest BCUT2D eigenvalue weighted by Gasteiger charge is 2.24. The van der Waals surface area contributed by atoms with E-state index in [2.05, 4.69) is 4.72 Å². The SMILES string of the molecule is COCCC(C)(C)CNS(=O)(=O)c1ccc(CO)cc1F. The second-order valence-electron chi connectivity index (χ2n) is 5.65. The van der Waals surface area contributed by atoms with Gasteiger partial charge >= 0.3 is 0 Å². The molecule has 0 saturated carbocycles. The third kappa shape index (κ3) is 5.35. The number of hydrogen-bond acceptors (Lipinski definition) is 4. The lowest BCUT2D eigenvalue weighted by Gasteiger charge is -2.24. The molecule has 0 aliphatic heterocycles. The van der Waals surface area contributed by atoms with E-state index in [-0.39, 0.29) is 18.6 Å². The second-order valence-corrected chi connectivity index (χ2v) is 7.39. The van der Waals surface area contributed by atoms with Crippen LogP contribution in [-0.4, -0.2) is 33.8 Å². The Bertz CT molecular complexity index is 572. The van der Waals surface area contributed by atoms with Gasteiger partial charge in [-0.2, -0.15) is 0 Å². The van der Waals surface area contributed by atoms with Gasteiger partial charge in [0.05, 0.1) is 6.61 Å². The lowest BCUT2D eigenvalue weighted by atomic mass is 9.90. The first-order chi connectivity index (χ1) is 9.72. The van der Waals surface area contributed by atoms with Crippen LogP contribution in [0.2, 0.25) is 0 Å². The van der Waals surface area contributed by atoms with Crippen LogP contribution in [0.25, 0.3) is 0 Å². The number of sulfonamides is 1. The zero-order chi connectivity index (χ0) is 16.1. The van der Waals surface area contributed by atoms with Gasteiger partial charge in [0.15, 0.2) is 0 Å². The fourth-order valence-corrected chi connectivity index (χ4v) is 2.99. The van der Waals surface area contributed by atoms with Gasteiger partial charge in [-0.1, -0.05) is 19.9 Å². The number of nitrogens with one attached hydrogen (secondary N) is 1. The van der Waals surface area contributed by atoms with Crippen LogP contribution < -0.4 is 4.72 Å². The van der Waals surface area contributed by atoms with Gasteiger partial charge in [-0.25, -0.2) is 17.5 Å². The average Bonchev–Trinajstić information content (AvgIpc) is 2.43. The lowest BCUT2D eigenvalue weighted by Crippen LogP contribution is -2.35. The Hall–Kier alpha value is -1.02. The molecule has 0 amide bonds. The standard InChI is InChI=1S/C14H22FNO4S/c1-14(2,6-7-20-3)10-16-21(18,19)13-5-4-11(9-17)8-12(13)15/h4-5,8,16-17H,6-7,9-10H2,1-3H3. The summed E-state index contributed by atoms with van der Waals surface area (Å²) in [6, 6.07) is 3.56. The highest BCUT2D eigenvalue weighted by molar-refractivity contribution is 7.89. The van der Waals surface area contributed by atoms with Crippen molar-refractivity contribution in [3.63, 3.8) is 0 Å². The van der Waals surface area contributed by atoms with Crippen molar-refractivity contribution in [2.75, 3.05) is 20.3 Å². The number of methoxy groups -OCH3 is 1. The second kappa shape index (κ2) is 7.31. The molecule has 7 heteroatoms. The molecule has 120 valence electrons. The van der Waals surface area contributed by atoms with Crippen molar-refractivity contribution in [2.45, 2.75) is 31.8 Å². The minimum absolute atomic E-state index is 0.180. The molecule has 0 radical (unpaired) electrons. The topological polar surface area (TPSA) is 75.6 Å². The maximum Gasteiger partial charge on any atom is 0.243 e. The van der Waals surface area contributed by atoms with E-state index in [1.807, 2.05) is 13.8 Å². The fourth-order valence-electron chi connectivity index (χ4n) is 1.70. The molecule has 0 atom stereocenters. The molecule has 21 heavy (non-hydrogen) atoms. The van der Waals surface area contributed by atoms with E-state index < -0.39 is 20.7 Å². The summed E-state index contributed by atoms with van der Waals surface area (Å²) in [5, 5.41) is 8.90. The third-order valence-corrected chi connectivity index (χ3v) is 4.63. The van der Waals surface area contributed by atoms with E-state index in [1.165, 1.54) is 6.07 Å². The van der Waals surface area contributed by atoms with Crippen molar-refractivity contribution in [3.8, 4) is 0 Å². The molecule has 0 unspecified atom stereocenters. The predicted octanol–water partition coefficient (Wildman–Crippen LogP) is 1.66. The molecule has 0 aromatic heterocycles. The van der Waals surface area contributed by atoms with Gasteiger partial charge in [-0.15, -0.1) is 0 Å². The van der Waals surface area contributed by atoms with Crippen LogP contribution in [0, 0.1) is 11.2 Å². The van der Waals surface area contributed by atoms with Crippen molar-refractivity contribution in [3.05, 3.63) is 29.6 Å². The Balaban J connectivity index is 2.82. The molecule has 0 saturated heterocycles. The molecule has 1 aromatic rings. The summed E-state index contributed by atoms with van der Waals surface area (Å²) in [6.45, 7) is 4.17. The van der Waals surface area contributed by atoms with E-state index in [1.54, 1.807) is 7.11 Å². The smallest absolute Gasteiger partial charge is 0.243 e. The normalized spacial score (nSPS) is 12.6. The fraction of sp³-hybridized carbons (Fsp3) is 0.571. The van der Waals surface area contributed by atoms with Crippen LogP contribution in [0.3, 0.4) is 0 Å². The highest BCUT2D eigenvalue weighted by atomic mass is 32.2. The van der Waals surface area contributed by atoms with Crippen molar-refractivity contribution in [2.24, 2.45) is 5.41 Å². The first kappa shape index (κ1) is 18.0. The first-order valence-corrected chi connectivity index (χ1v) is 8.08. The molecule has 0 aliphatic carbocycles. The van der Waals surface area contributed by atoms with Gasteiger partial charge in [0, 0.05) is 20.3 Å². The number of halogens is 1. The minimum Gasteiger partial charge on any atom is -0.392 e. The predicted molar refractivity (Wildman–Crippen MR) is 77.8 cm³/mol. The summed E-state index contributed by atoms with van der Waals surface area (Å²) in [4.78, 5) is -0.415. The van der Waals surface area contributed by atoms with Crippen molar-refractivity contribution in [1.29, 1.82) is 0 Å². The number of aliphatic hydroxyl groups excluding tert-OH is 1. The summed E-state index contributed by atoms with van der Waals surface area (Å²) < 4.78 is 45.5. The van der Waals surface area contributed by atoms with Gasteiger partial charge < -0.3 is 9.84 Å². The molecule has 0 bridgehead atoms. The lowest BCUT2D eigenvalue weighted by molar-refractivity contribution is 0.153. The Morgan fingerprint density at radius 3 is 2.57 bits per heavy atom. The summed E-state index contributed by atoms with van der Waals surface area (Å²) in [7, 11) is -2.34. The number of rotatable bonds is 8. The summed E-state index contributed by atoms with van der Waals surface area (Å²) in [5.74, 6) is -0.872. The van der Waals surface area contributed by atoms with Gasteiger partial charge in [-0.3, -0.25) is 0 Å². The summed E-state index contributed by atoms with van der Waals surface area (Å²) in [6.07, 6.45) is 0.679. The zero-order valence-electron chi connectivity index (χ0n) is 12.5. The van der Waals surface area contributed by atoms with Gasteiger partial charge in [-0.05, 0) is 29.5 Å². The Kier molecular flexibility index (Phi) is 6.27. The first-order valence-electron chi connectivity index (χ1n) is 6.60. The molecule has 1 rings (SSSR count). The van der Waals surface area contributed by atoms with Crippen molar-refractivity contribution >= 4 is 10.0 Å². The van der Waals surface area contributed by atoms with Crippen molar-refractivity contribution < 1.29 is 22.7 Å². The van der Waals surface area contributed by atoms with Gasteiger partial charge in [0.25, 0.3) is 0 Å². The Labute approximate surface area is 125 Å². The summed E-state index contributed by atoms with van der Waals surface area (Å²) >= 11 is 0. The number of aliphatic hydroxyl groups is 1. The van der Waals surface area contributed by atoms with Crippen LogP contribution in [0.5, 0.6) is 0 Å². The van der Waals surface area contributed by atoms with E-state index >= 15 is 0 Å². The number of benzene rings is 1. The molecule has 1 aromatic carbocycles. The molecule has 0 fully saturated rings. The van der Waals surface area contributed by atoms with Gasteiger partial charge in [0.1, 0.15) is 10.7 Å². The van der Waals surface area contributed by atoms with Crippen LogP contribution in [-0.2, 0) is 21.4 Å². The third-order valence-electron chi connectivity index (χ3n) is 3.19. The van der Waals surface area contributed by atoms with Crippen LogP contribution in [0.4, 0.5) is 4.39 Å². The van der Waals surface area contributed by atoms with Crippen LogP contribution in [0.1, 0.15) is 25.8 Å². The quantitative estimate of drug-likeness (QED) is 0.764. The maximum atomic E-state index is 13.8. The molecular weight excluding hydrogens is 297 g/mol. The molecule has 0 aliphatic rings. The average molecular weight is 319 g/mol. The molecule has 0 heterocycles. The van der Waals surface area contributed by atoms with Crippen molar-refractivity contribution in [1.82, 2.24) is 4.72 Å². The van der Waals surface area contributed by atoms with E-state index in [9.17, 15) is 12.8 Å². The highest BCUT2D eigenvalue weighted by Crippen LogP contribution is 2.21. The monoisotopic (exact) mass is 319 g/mol. The molecule has 0 spiro atoms. The number of ether oxygens (including phenoxy) is 1. The summed E-state index contributed by atoms with van der Waals surface area (Å²) in [5.41, 5.74) is 0.0248.